The third-order valence-electron chi connectivity index (χ3n) is 4.69. The molecule has 0 radical (unpaired) electrons. The minimum atomic E-state index is -0.776. The zero-order valence-corrected chi connectivity index (χ0v) is 22.4. The highest BCUT2D eigenvalue weighted by atomic mass is 35.5. The summed E-state index contributed by atoms with van der Waals surface area (Å²) in [5, 5.41) is 3.28. The monoisotopic (exact) mass is 567 g/mol. The van der Waals surface area contributed by atoms with Crippen LogP contribution in [0.5, 0.6) is 5.75 Å². The van der Waals surface area contributed by atoms with Gasteiger partial charge in [-0.3, -0.25) is 0 Å². The number of hydrogen-bond acceptors (Lipinski definition) is 8. The summed E-state index contributed by atoms with van der Waals surface area (Å²) in [6.45, 7) is 5.47. The first-order valence-electron chi connectivity index (χ1n) is 10.8. The van der Waals surface area contributed by atoms with Crippen LogP contribution in [0.15, 0.2) is 70.7 Å². The minimum absolute atomic E-state index is 0.220. The molecule has 13 nitrogen and oxygen atoms in total. The molecule has 0 fully saturated rings. The van der Waals surface area contributed by atoms with Gasteiger partial charge in [-0.2, -0.15) is 0 Å². The van der Waals surface area contributed by atoms with Gasteiger partial charge in [-0.05, 0) is 51.1 Å². The van der Waals surface area contributed by atoms with Gasteiger partial charge in [0.25, 0.3) is 0 Å². The molecule has 1 amide bonds. The highest BCUT2D eigenvalue weighted by molar-refractivity contribution is 6.42. The standard InChI is InChI=1S/C14H17N3O5.C9H6Cl2N2O3/c1-14(2,3)15-11(18)21-10-7-5-6-9(8-10)17-12(19)16(4)13(20)22-17;1-12-8(14)13(16-9(12)15)5-2-3-6(10)7(11)4-5/h5-8H,1-4H3,(H,15,18);2-4H,1H3. The van der Waals surface area contributed by atoms with Crippen molar-refractivity contribution in [1.29, 1.82) is 0 Å². The molecular formula is C23H23Cl2N5O8. The van der Waals surface area contributed by atoms with Crippen molar-refractivity contribution < 1.29 is 18.6 Å². The van der Waals surface area contributed by atoms with Crippen molar-refractivity contribution in [2.24, 2.45) is 14.1 Å². The lowest BCUT2D eigenvalue weighted by molar-refractivity contribution is 0.190. The van der Waals surface area contributed by atoms with Gasteiger partial charge in [-0.15, -0.1) is 9.48 Å². The van der Waals surface area contributed by atoms with E-state index in [1.165, 1.54) is 38.4 Å². The Hall–Kier alpha value is -4.23. The molecule has 0 saturated carbocycles. The fraction of sp³-hybridized carbons (Fsp3) is 0.261. The summed E-state index contributed by atoms with van der Waals surface area (Å²) < 4.78 is 18.1. The smallest absolute Gasteiger partial charge is 0.410 e. The van der Waals surface area contributed by atoms with Gasteiger partial charge < -0.3 is 19.1 Å². The molecule has 0 saturated heterocycles. The van der Waals surface area contributed by atoms with Crippen molar-refractivity contribution in [3.8, 4) is 17.1 Å². The summed E-state index contributed by atoms with van der Waals surface area (Å²) in [5.74, 6) is -1.30. The lowest BCUT2D eigenvalue weighted by Gasteiger charge is -2.19. The number of nitrogens with zero attached hydrogens (tertiary/aromatic N) is 4. The van der Waals surface area contributed by atoms with Gasteiger partial charge >= 0.3 is 29.0 Å². The van der Waals surface area contributed by atoms with Crippen molar-refractivity contribution >= 4 is 29.3 Å². The first-order chi connectivity index (χ1) is 17.7. The van der Waals surface area contributed by atoms with Crippen LogP contribution in [0.25, 0.3) is 11.4 Å². The maximum Gasteiger partial charge on any atom is 0.442 e. The topological polar surface area (TPSA) is 153 Å². The third kappa shape index (κ3) is 6.55. The Labute approximate surface area is 223 Å². The lowest BCUT2D eigenvalue weighted by atomic mass is 10.1. The Morgan fingerprint density at radius 2 is 1.34 bits per heavy atom. The summed E-state index contributed by atoms with van der Waals surface area (Å²) in [4.78, 5) is 57.5. The molecule has 4 aromatic rings. The van der Waals surface area contributed by atoms with Gasteiger partial charge in [-0.25, -0.2) is 33.1 Å². The number of nitrogens with one attached hydrogen (secondary N) is 1. The predicted octanol–water partition coefficient (Wildman–Crippen LogP) is 2.45. The number of halogens is 2. The van der Waals surface area contributed by atoms with Gasteiger partial charge in [0, 0.05) is 25.7 Å². The molecule has 202 valence electrons. The van der Waals surface area contributed by atoms with Gasteiger partial charge in [0.1, 0.15) is 5.75 Å². The van der Waals surface area contributed by atoms with Gasteiger partial charge in [-0.1, -0.05) is 29.3 Å². The van der Waals surface area contributed by atoms with Crippen LogP contribution in [0.3, 0.4) is 0 Å². The molecule has 0 spiro atoms. The van der Waals surface area contributed by atoms with Crippen molar-refractivity contribution in [2.45, 2.75) is 26.3 Å². The molecule has 38 heavy (non-hydrogen) atoms. The molecule has 2 aromatic carbocycles. The number of rotatable bonds is 3. The Bertz CT molecular complexity index is 1720. The summed E-state index contributed by atoms with van der Waals surface area (Å²) in [6, 6.07) is 10.6. The van der Waals surface area contributed by atoms with Crippen molar-refractivity contribution in [1.82, 2.24) is 23.9 Å². The van der Waals surface area contributed by atoms with Crippen LogP contribution in [0, 0.1) is 0 Å². The first kappa shape index (κ1) is 28.3. The molecule has 15 heteroatoms. The van der Waals surface area contributed by atoms with Crippen LogP contribution in [-0.4, -0.2) is 30.2 Å². The van der Waals surface area contributed by atoms with E-state index in [0.29, 0.717) is 10.7 Å². The second-order valence-corrected chi connectivity index (χ2v) is 9.66. The summed E-state index contributed by atoms with van der Waals surface area (Å²) >= 11 is 11.5. The molecule has 0 aliphatic carbocycles. The minimum Gasteiger partial charge on any atom is -0.410 e. The molecule has 0 atom stereocenters. The van der Waals surface area contributed by atoms with E-state index in [4.69, 9.17) is 37.0 Å². The highest BCUT2D eigenvalue weighted by Crippen LogP contribution is 2.23. The van der Waals surface area contributed by atoms with E-state index in [2.05, 4.69) is 5.32 Å². The number of ether oxygens (including phenoxy) is 1. The summed E-state index contributed by atoms with van der Waals surface area (Å²) in [7, 11) is 2.63. The average molecular weight is 568 g/mol. The van der Waals surface area contributed by atoms with Crippen LogP contribution in [0.4, 0.5) is 4.79 Å². The van der Waals surface area contributed by atoms with Gasteiger partial charge in [0.05, 0.1) is 21.4 Å². The molecule has 2 aromatic heterocycles. The van der Waals surface area contributed by atoms with Gasteiger partial charge in [0.2, 0.25) is 0 Å². The Morgan fingerprint density at radius 1 is 0.816 bits per heavy atom. The SMILES string of the molecule is Cn1c(=O)on(-c2ccc(Cl)c(Cl)c2)c1=O.Cn1c(=O)on(-c2cccc(OC(=O)NC(C)(C)C)c2)c1=O. The maximum absolute atomic E-state index is 11.8. The zero-order chi connectivity index (χ0) is 28.4. The predicted molar refractivity (Wildman–Crippen MR) is 138 cm³/mol. The molecule has 4 rings (SSSR count). The largest absolute Gasteiger partial charge is 0.442 e. The molecule has 2 heterocycles. The van der Waals surface area contributed by atoms with Crippen LogP contribution in [0.1, 0.15) is 20.8 Å². The number of carbonyl (C=O) groups is 1. The summed E-state index contributed by atoms with van der Waals surface area (Å²) in [6.07, 6.45) is -0.619. The molecule has 0 unspecified atom stereocenters. The van der Waals surface area contributed by atoms with Crippen LogP contribution in [0.2, 0.25) is 10.0 Å². The second kappa shape index (κ2) is 11.0. The van der Waals surface area contributed by atoms with Crippen LogP contribution < -0.4 is 32.9 Å². The van der Waals surface area contributed by atoms with Gasteiger partial charge in [0.15, 0.2) is 0 Å². The maximum atomic E-state index is 11.8. The number of hydrogen-bond donors (Lipinski definition) is 1. The molecular weight excluding hydrogens is 545 g/mol. The normalized spacial score (nSPS) is 11.0. The zero-order valence-electron chi connectivity index (χ0n) is 20.9. The second-order valence-electron chi connectivity index (χ2n) is 8.85. The number of aromatic nitrogens is 4. The number of benzene rings is 2. The molecule has 0 bridgehead atoms. The van der Waals surface area contributed by atoms with E-state index in [1.54, 1.807) is 18.2 Å². The Morgan fingerprint density at radius 3 is 1.79 bits per heavy atom. The highest BCUT2D eigenvalue weighted by Gasteiger charge is 2.16. The van der Waals surface area contributed by atoms with Crippen molar-refractivity contribution in [2.75, 3.05) is 0 Å². The molecule has 0 aliphatic rings. The quantitative estimate of drug-likeness (QED) is 0.396. The van der Waals surface area contributed by atoms with E-state index in [-0.39, 0.29) is 16.5 Å². The van der Waals surface area contributed by atoms with Crippen molar-refractivity contribution in [3.63, 3.8) is 0 Å². The fourth-order valence-electron chi connectivity index (χ4n) is 2.84. The fourth-order valence-corrected chi connectivity index (χ4v) is 3.13. The Balaban J connectivity index is 0.000000221. The van der Waals surface area contributed by atoms with E-state index in [1.807, 2.05) is 20.8 Å². The Kier molecular flexibility index (Phi) is 8.22. The van der Waals surface area contributed by atoms with E-state index < -0.39 is 34.5 Å². The number of carbonyl (C=O) groups excluding carboxylic acids is 1. The summed E-state index contributed by atoms with van der Waals surface area (Å²) in [5.41, 5.74) is -1.01. The molecule has 1 N–H and O–H groups in total. The third-order valence-corrected chi connectivity index (χ3v) is 5.42. The first-order valence-corrected chi connectivity index (χ1v) is 11.6. The van der Waals surface area contributed by atoms with E-state index in [0.717, 1.165) is 18.6 Å². The van der Waals surface area contributed by atoms with Crippen LogP contribution in [-0.2, 0) is 14.1 Å². The van der Waals surface area contributed by atoms with E-state index >= 15 is 0 Å². The lowest BCUT2D eigenvalue weighted by Crippen LogP contribution is -2.42. The average Bonchev–Trinajstić information content (AvgIpc) is 3.24. The van der Waals surface area contributed by atoms with Crippen LogP contribution >= 0.6 is 23.2 Å². The van der Waals surface area contributed by atoms with Crippen molar-refractivity contribution in [3.05, 3.63) is 94.6 Å². The number of amides is 1. The van der Waals surface area contributed by atoms with E-state index in [9.17, 15) is 24.0 Å². The molecule has 0 aliphatic heterocycles.